The number of nitro groups is 1. The Hall–Kier alpha value is -2.86. The zero-order valence-electron chi connectivity index (χ0n) is 17.7. The van der Waals surface area contributed by atoms with E-state index in [9.17, 15) is 14.9 Å². The van der Waals surface area contributed by atoms with Gasteiger partial charge in [-0.2, -0.15) is 0 Å². The number of thioether (sulfide) groups is 1. The highest BCUT2D eigenvalue weighted by atomic mass is 32.2. The SMILES string of the molecule is COc1cc([N+](=O)[O-])ccc1NC(=O)CSc1nnc(N2CCOCC2)n1CC(C)C. The lowest BCUT2D eigenvalue weighted by Gasteiger charge is -2.28. The average molecular weight is 451 g/mol. The van der Waals surface area contributed by atoms with Crippen molar-refractivity contribution >= 4 is 35.0 Å². The summed E-state index contributed by atoms with van der Waals surface area (Å²) < 4.78 is 12.6. The summed E-state index contributed by atoms with van der Waals surface area (Å²) in [4.78, 5) is 25.1. The number of nitrogens with zero attached hydrogens (tertiary/aromatic N) is 5. The first kappa shape index (κ1) is 22.8. The van der Waals surface area contributed by atoms with Gasteiger partial charge in [-0.1, -0.05) is 25.6 Å². The van der Waals surface area contributed by atoms with Gasteiger partial charge in [0.2, 0.25) is 11.9 Å². The van der Waals surface area contributed by atoms with Crippen LogP contribution in [0.25, 0.3) is 0 Å². The predicted molar refractivity (Wildman–Crippen MR) is 117 cm³/mol. The Morgan fingerprint density at radius 3 is 2.74 bits per heavy atom. The van der Waals surface area contributed by atoms with E-state index < -0.39 is 4.92 Å². The lowest BCUT2D eigenvalue weighted by Crippen LogP contribution is -2.38. The molecule has 1 aromatic carbocycles. The molecule has 1 aromatic heterocycles. The number of carbonyl (C=O) groups is 1. The van der Waals surface area contributed by atoms with E-state index in [1.807, 2.05) is 4.57 Å². The van der Waals surface area contributed by atoms with E-state index in [4.69, 9.17) is 9.47 Å². The van der Waals surface area contributed by atoms with Crippen molar-refractivity contribution in [3.05, 3.63) is 28.3 Å². The van der Waals surface area contributed by atoms with E-state index in [1.165, 1.54) is 37.1 Å². The third kappa shape index (κ3) is 5.85. The first-order valence-corrected chi connectivity index (χ1v) is 10.9. The number of amides is 1. The topological polar surface area (TPSA) is 125 Å². The number of methoxy groups -OCH3 is 1. The number of carbonyl (C=O) groups excluding carboxylic acids is 1. The van der Waals surface area contributed by atoms with Crippen LogP contribution in [0.15, 0.2) is 23.4 Å². The molecule has 0 atom stereocenters. The van der Waals surface area contributed by atoms with Gasteiger partial charge in [0.05, 0.1) is 42.8 Å². The molecular formula is C19H26N6O5S. The van der Waals surface area contributed by atoms with Crippen LogP contribution >= 0.6 is 11.8 Å². The molecule has 12 heteroatoms. The number of hydrogen-bond acceptors (Lipinski definition) is 9. The highest BCUT2D eigenvalue weighted by Gasteiger charge is 2.22. The molecule has 0 radical (unpaired) electrons. The average Bonchev–Trinajstić information content (AvgIpc) is 3.14. The minimum Gasteiger partial charge on any atom is -0.494 e. The van der Waals surface area contributed by atoms with E-state index >= 15 is 0 Å². The highest BCUT2D eigenvalue weighted by molar-refractivity contribution is 7.99. The lowest BCUT2D eigenvalue weighted by atomic mass is 10.2. The number of rotatable bonds is 9. The van der Waals surface area contributed by atoms with Crippen LogP contribution in [0.3, 0.4) is 0 Å². The van der Waals surface area contributed by atoms with Crippen LogP contribution in [0.2, 0.25) is 0 Å². The van der Waals surface area contributed by atoms with E-state index in [2.05, 4.69) is 34.3 Å². The molecule has 2 heterocycles. The van der Waals surface area contributed by atoms with Crippen molar-refractivity contribution in [1.29, 1.82) is 0 Å². The van der Waals surface area contributed by atoms with Gasteiger partial charge in [0.15, 0.2) is 5.16 Å². The summed E-state index contributed by atoms with van der Waals surface area (Å²) >= 11 is 1.29. The standard InChI is InChI=1S/C19H26N6O5S/c1-13(2)11-24-18(23-6-8-30-9-7-23)21-22-19(24)31-12-17(26)20-15-5-4-14(25(27)28)10-16(15)29-3/h4-5,10,13H,6-9,11-12H2,1-3H3,(H,20,26). The maximum Gasteiger partial charge on any atom is 0.273 e. The van der Waals surface area contributed by atoms with Crippen LogP contribution in [0.1, 0.15) is 13.8 Å². The summed E-state index contributed by atoms with van der Waals surface area (Å²) in [6.45, 7) is 7.77. The Bertz CT molecular complexity index is 929. The van der Waals surface area contributed by atoms with Gasteiger partial charge < -0.3 is 19.7 Å². The van der Waals surface area contributed by atoms with Crippen molar-refractivity contribution in [2.75, 3.05) is 49.4 Å². The third-order valence-electron chi connectivity index (χ3n) is 4.54. The first-order chi connectivity index (χ1) is 14.9. The fourth-order valence-electron chi connectivity index (χ4n) is 3.12. The highest BCUT2D eigenvalue weighted by Crippen LogP contribution is 2.30. The predicted octanol–water partition coefficient (Wildman–Crippen LogP) is 2.42. The third-order valence-corrected chi connectivity index (χ3v) is 5.51. The van der Waals surface area contributed by atoms with Gasteiger partial charge in [-0.3, -0.25) is 19.5 Å². The van der Waals surface area contributed by atoms with E-state index in [-0.39, 0.29) is 23.1 Å². The van der Waals surface area contributed by atoms with Gasteiger partial charge in [0.1, 0.15) is 5.75 Å². The monoisotopic (exact) mass is 450 g/mol. The summed E-state index contributed by atoms with van der Waals surface area (Å²) in [5, 5.41) is 23.0. The minimum absolute atomic E-state index is 0.110. The van der Waals surface area contributed by atoms with Gasteiger partial charge in [0, 0.05) is 25.7 Å². The molecule has 3 rings (SSSR count). The largest absolute Gasteiger partial charge is 0.494 e. The molecule has 31 heavy (non-hydrogen) atoms. The molecule has 1 fully saturated rings. The number of benzene rings is 1. The van der Waals surface area contributed by atoms with Gasteiger partial charge in [-0.05, 0) is 12.0 Å². The summed E-state index contributed by atoms with van der Waals surface area (Å²) in [5.74, 6) is 1.24. The van der Waals surface area contributed by atoms with Crippen molar-refractivity contribution in [3.63, 3.8) is 0 Å². The normalized spacial score (nSPS) is 14.0. The van der Waals surface area contributed by atoms with Gasteiger partial charge in [-0.15, -0.1) is 10.2 Å². The van der Waals surface area contributed by atoms with Crippen LogP contribution in [0, 0.1) is 16.0 Å². The first-order valence-electron chi connectivity index (χ1n) is 9.90. The lowest BCUT2D eigenvalue weighted by molar-refractivity contribution is -0.384. The number of nitrogens with one attached hydrogen (secondary N) is 1. The second-order valence-electron chi connectivity index (χ2n) is 7.36. The molecule has 168 valence electrons. The fraction of sp³-hybridized carbons (Fsp3) is 0.526. The van der Waals surface area contributed by atoms with Gasteiger partial charge in [-0.25, -0.2) is 0 Å². The molecular weight excluding hydrogens is 424 g/mol. The molecule has 1 aliphatic heterocycles. The number of aromatic nitrogens is 3. The molecule has 0 bridgehead atoms. The Balaban J connectivity index is 1.68. The second-order valence-corrected chi connectivity index (χ2v) is 8.31. The Kier molecular flexibility index (Phi) is 7.69. The van der Waals surface area contributed by atoms with Crippen LogP contribution in [-0.4, -0.2) is 64.8 Å². The molecule has 1 N–H and O–H groups in total. The van der Waals surface area contributed by atoms with Crippen molar-refractivity contribution in [3.8, 4) is 5.75 Å². The molecule has 11 nitrogen and oxygen atoms in total. The number of morpholine rings is 1. The smallest absolute Gasteiger partial charge is 0.273 e. The molecule has 0 unspecified atom stereocenters. The second kappa shape index (κ2) is 10.4. The van der Waals surface area contributed by atoms with Crippen molar-refractivity contribution in [2.45, 2.75) is 25.5 Å². The molecule has 1 aliphatic rings. The summed E-state index contributed by atoms with van der Waals surface area (Å²) in [6, 6.07) is 4.05. The number of nitro benzene ring substituents is 1. The zero-order chi connectivity index (χ0) is 22.4. The quantitative estimate of drug-likeness (QED) is 0.348. The van der Waals surface area contributed by atoms with E-state index in [1.54, 1.807) is 0 Å². The van der Waals surface area contributed by atoms with Crippen molar-refractivity contribution in [1.82, 2.24) is 14.8 Å². The maximum absolute atomic E-state index is 12.5. The molecule has 0 spiro atoms. The number of hydrogen-bond donors (Lipinski definition) is 1. The van der Waals surface area contributed by atoms with Gasteiger partial charge >= 0.3 is 0 Å². The van der Waals surface area contributed by atoms with Gasteiger partial charge in [0.25, 0.3) is 5.69 Å². The van der Waals surface area contributed by atoms with Crippen molar-refractivity contribution < 1.29 is 19.2 Å². The van der Waals surface area contributed by atoms with E-state index in [0.717, 1.165) is 25.6 Å². The van der Waals surface area contributed by atoms with Crippen molar-refractivity contribution in [2.24, 2.45) is 5.92 Å². The van der Waals surface area contributed by atoms with Crippen LogP contribution < -0.4 is 15.0 Å². The Morgan fingerprint density at radius 2 is 2.10 bits per heavy atom. The summed E-state index contributed by atoms with van der Waals surface area (Å²) in [7, 11) is 1.39. The van der Waals surface area contributed by atoms with Crippen LogP contribution in [-0.2, 0) is 16.1 Å². The fourth-order valence-corrected chi connectivity index (χ4v) is 3.87. The zero-order valence-corrected chi connectivity index (χ0v) is 18.6. The Morgan fingerprint density at radius 1 is 1.35 bits per heavy atom. The summed E-state index contributed by atoms with van der Waals surface area (Å²) in [5.41, 5.74) is 0.262. The molecule has 1 saturated heterocycles. The maximum atomic E-state index is 12.5. The molecule has 2 aromatic rings. The Labute approximate surface area is 184 Å². The van der Waals surface area contributed by atoms with E-state index in [0.29, 0.717) is 30.0 Å². The summed E-state index contributed by atoms with van der Waals surface area (Å²) in [6.07, 6.45) is 0. The van der Waals surface area contributed by atoms with Crippen LogP contribution in [0.4, 0.5) is 17.3 Å². The number of ether oxygens (including phenoxy) is 2. The number of anilines is 2. The molecule has 0 saturated carbocycles. The minimum atomic E-state index is -0.516. The molecule has 0 aliphatic carbocycles. The van der Waals surface area contributed by atoms with Crippen LogP contribution in [0.5, 0.6) is 5.75 Å². The number of non-ortho nitro benzene ring substituents is 1. The molecule has 1 amide bonds.